The topological polar surface area (TPSA) is 63.9 Å². The second kappa shape index (κ2) is 9.28. The molecule has 6 nitrogen and oxygen atoms in total. The van der Waals surface area contributed by atoms with Crippen LogP contribution in [0, 0.1) is 13.8 Å². The lowest BCUT2D eigenvalue weighted by atomic mass is 10.1. The van der Waals surface area contributed by atoms with Crippen molar-refractivity contribution in [2.24, 2.45) is 0 Å². The zero-order valence-corrected chi connectivity index (χ0v) is 19.0. The number of hydrogen-bond acceptors (Lipinski definition) is 5. The number of benzene rings is 2. The molecule has 0 bridgehead atoms. The number of furan rings is 1. The summed E-state index contributed by atoms with van der Waals surface area (Å²) in [5.74, 6) is 2.48. The van der Waals surface area contributed by atoms with Gasteiger partial charge in [-0.25, -0.2) is 0 Å². The highest BCUT2D eigenvalue weighted by atomic mass is 32.1. The van der Waals surface area contributed by atoms with Crippen LogP contribution in [0.1, 0.15) is 29.6 Å². The maximum Gasteiger partial charge on any atom is 0.281 e. The van der Waals surface area contributed by atoms with Crippen LogP contribution in [-0.4, -0.2) is 17.6 Å². The Kier molecular flexibility index (Phi) is 6.28. The molecule has 0 aliphatic carbocycles. The fourth-order valence-electron chi connectivity index (χ4n) is 3.49. The molecule has 164 valence electrons. The zero-order chi connectivity index (χ0) is 22.7. The molecule has 2 aromatic carbocycles. The summed E-state index contributed by atoms with van der Waals surface area (Å²) < 4.78 is 17.1. The Morgan fingerprint density at radius 2 is 1.72 bits per heavy atom. The molecule has 1 aromatic heterocycles. The van der Waals surface area contributed by atoms with Gasteiger partial charge >= 0.3 is 0 Å². The third-order valence-corrected chi connectivity index (χ3v) is 5.11. The number of thiocarbonyl (C=S) groups is 1. The van der Waals surface area contributed by atoms with Crippen LogP contribution in [0.4, 0.5) is 5.69 Å². The van der Waals surface area contributed by atoms with Crippen molar-refractivity contribution in [1.29, 1.82) is 0 Å². The Labute approximate surface area is 192 Å². The summed E-state index contributed by atoms with van der Waals surface area (Å²) in [6, 6.07) is 16.9. The monoisotopic (exact) mass is 448 g/mol. The van der Waals surface area contributed by atoms with Gasteiger partial charge in [0.25, 0.3) is 5.91 Å². The second-order valence-corrected chi connectivity index (χ2v) is 7.86. The van der Waals surface area contributed by atoms with Gasteiger partial charge in [0.2, 0.25) is 0 Å². The summed E-state index contributed by atoms with van der Waals surface area (Å²) in [7, 11) is 0. The maximum atomic E-state index is 12.9. The third kappa shape index (κ3) is 4.84. The van der Waals surface area contributed by atoms with Gasteiger partial charge in [0, 0.05) is 6.08 Å². The van der Waals surface area contributed by atoms with Crippen molar-refractivity contribution >= 4 is 35.0 Å². The van der Waals surface area contributed by atoms with Crippen molar-refractivity contribution in [3.8, 4) is 11.5 Å². The Morgan fingerprint density at radius 3 is 2.41 bits per heavy atom. The Bertz CT molecular complexity index is 1160. The average molecular weight is 449 g/mol. The molecule has 0 radical (unpaired) electrons. The molecule has 1 saturated heterocycles. The van der Waals surface area contributed by atoms with E-state index in [2.05, 4.69) is 11.4 Å². The van der Waals surface area contributed by atoms with E-state index < -0.39 is 0 Å². The van der Waals surface area contributed by atoms with Crippen molar-refractivity contribution in [1.82, 2.24) is 5.32 Å². The minimum absolute atomic E-state index is 0.247. The number of carbonyl (C=O) groups excluding carboxylic acids is 1. The van der Waals surface area contributed by atoms with Gasteiger partial charge in [-0.05, 0) is 92.6 Å². The van der Waals surface area contributed by atoms with Gasteiger partial charge in [0.15, 0.2) is 5.11 Å². The van der Waals surface area contributed by atoms with E-state index in [4.69, 9.17) is 26.1 Å². The molecule has 1 N–H and O–H groups in total. The molecule has 7 heteroatoms. The molecule has 1 aliphatic rings. The highest BCUT2D eigenvalue weighted by Crippen LogP contribution is 2.25. The van der Waals surface area contributed by atoms with Crippen molar-refractivity contribution in [2.45, 2.75) is 27.4 Å². The fourth-order valence-corrected chi connectivity index (χ4v) is 3.79. The molecule has 0 unspecified atom stereocenters. The lowest BCUT2D eigenvalue weighted by Crippen LogP contribution is -2.30. The number of rotatable bonds is 7. The minimum Gasteiger partial charge on any atom is -0.494 e. The first-order valence-electron chi connectivity index (χ1n) is 10.3. The van der Waals surface area contributed by atoms with E-state index in [0.717, 1.165) is 22.6 Å². The van der Waals surface area contributed by atoms with Crippen LogP contribution in [0.25, 0.3) is 6.08 Å². The van der Waals surface area contributed by atoms with Gasteiger partial charge < -0.3 is 19.2 Å². The molecule has 1 amide bonds. The van der Waals surface area contributed by atoms with Gasteiger partial charge in [0.1, 0.15) is 35.3 Å². The summed E-state index contributed by atoms with van der Waals surface area (Å²) >= 11 is 5.37. The first-order valence-corrected chi connectivity index (χ1v) is 10.7. The van der Waals surface area contributed by atoms with Crippen molar-refractivity contribution in [3.63, 3.8) is 0 Å². The summed E-state index contributed by atoms with van der Waals surface area (Å²) in [5.41, 5.74) is 3.30. The summed E-state index contributed by atoms with van der Waals surface area (Å²) in [6.07, 6.45) is 1.64. The highest BCUT2D eigenvalue weighted by molar-refractivity contribution is 7.80. The molecule has 3 aromatic rings. The number of nitrogens with one attached hydrogen (secondary N) is 1. The lowest BCUT2D eigenvalue weighted by Gasteiger charge is -2.14. The highest BCUT2D eigenvalue weighted by Gasteiger charge is 2.32. The van der Waals surface area contributed by atoms with Crippen molar-refractivity contribution < 1.29 is 18.7 Å². The van der Waals surface area contributed by atoms with Crippen LogP contribution in [0.5, 0.6) is 11.5 Å². The predicted octanol–water partition coefficient (Wildman–Crippen LogP) is 5.14. The zero-order valence-electron chi connectivity index (χ0n) is 18.2. The predicted molar refractivity (Wildman–Crippen MR) is 128 cm³/mol. The maximum absolute atomic E-state index is 12.9. The fraction of sp³-hybridized carbons (Fsp3) is 0.200. The van der Waals surface area contributed by atoms with E-state index in [0.29, 0.717) is 41.2 Å². The number of anilines is 1. The summed E-state index contributed by atoms with van der Waals surface area (Å²) in [4.78, 5) is 14.4. The number of hydrogen-bond donors (Lipinski definition) is 1. The summed E-state index contributed by atoms with van der Waals surface area (Å²) in [6.45, 7) is 6.86. The van der Waals surface area contributed by atoms with E-state index in [1.54, 1.807) is 24.3 Å². The average Bonchev–Trinajstić information content (AvgIpc) is 3.31. The molecule has 2 heterocycles. The van der Waals surface area contributed by atoms with Crippen molar-refractivity contribution in [2.75, 3.05) is 11.5 Å². The lowest BCUT2D eigenvalue weighted by molar-refractivity contribution is -0.113. The molecule has 0 spiro atoms. The molecule has 1 fully saturated rings. The molecular weight excluding hydrogens is 424 g/mol. The van der Waals surface area contributed by atoms with Gasteiger partial charge in [-0.15, -0.1) is 0 Å². The van der Waals surface area contributed by atoms with Gasteiger partial charge in [-0.2, -0.15) is 0 Å². The third-order valence-electron chi connectivity index (χ3n) is 4.83. The van der Waals surface area contributed by atoms with E-state index in [-0.39, 0.29) is 5.91 Å². The molecule has 0 atom stereocenters. The smallest absolute Gasteiger partial charge is 0.281 e. The van der Waals surface area contributed by atoms with Crippen LogP contribution in [0.2, 0.25) is 0 Å². The van der Waals surface area contributed by atoms with Crippen molar-refractivity contribution in [3.05, 3.63) is 82.9 Å². The number of ether oxygens (including phenoxy) is 2. The van der Waals surface area contributed by atoms with E-state index in [9.17, 15) is 4.79 Å². The molecule has 32 heavy (non-hydrogen) atoms. The summed E-state index contributed by atoms with van der Waals surface area (Å²) in [5, 5.41) is 3.28. The first-order chi connectivity index (χ1) is 15.4. The SMILES string of the molecule is CCOc1ccc(N2C(=O)/C(=C\c3ccc(COc4cc(C)cc(C)c4)o3)NC2=S)cc1. The quantitative estimate of drug-likeness (QED) is 0.399. The Morgan fingerprint density at radius 1 is 1.00 bits per heavy atom. The molecule has 4 rings (SSSR count). The number of aryl methyl sites for hydroxylation is 2. The standard InChI is InChI=1S/C25H24N2O4S/c1-4-29-19-7-5-18(6-8-19)27-24(28)23(26-25(27)32)14-20-9-10-21(31-20)15-30-22-12-16(2)11-17(3)13-22/h5-14H,4,15H2,1-3H3,(H,26,32)/b23-14+. The van der Waals surface area contributed by atoms with Gasteiger partial charge in [-0.1, -0.05) is 6.07 Å². The number of nitrogens with zero attached hydrogens (tertiary/aromatic N) is 1. The normalized spacial score (nSPS) is 14.7. The number of carbonyl (C=O) groups is 1. The van der Waals surface area contributed by atoms with Crippen LogP contribution in [0.15, 0.2) is 64.7 Å². The van der Waals surface area contributed by atoms with E-state index >= 15 is 0 Å². The van der Waals surface area contributed by atoms with Crippen LogP contribution in [0.3, 0.4) is 0 Å². The Balaban J connectivity index is 1.44. The molecular formula is C25H24N2O4S. The largest absolute Gasteiger partial charge is 0.494 e. The van der Waals surface area contributed by atoms with Gasteiger partial charge in [0.05, 0.1) is 12.3 Å². The van der Waals surface area contributed by atoms with E-state index in [1.165, 1.54) is 4.90 Å². The van der Waals surface area contributed by atoms with Crippen LogP contribution in [-0.2, 0) is 11.4 Å². The minimum atomic E-state index is -0.247. The molecule has 1 aliphatic heterocycles. The number of amides is 1. The Hall–Kier alpha value is -3.58. The van der Waals surface area contributed by atoms with E-state index in [1.807, 2.05) is 51.1 Å². The van der Waals surface area contributed by atoms with Crippen LogP contribution < -0.4 is 19.7 Å². The second-order valence-electron chi connectivity index (χ2n) is 7.47. The van der Waals surface area contributed by atoms with Gasteiger partial charge in [-0.3, -0.25) is 9.69 Å². The molecule has 0 saturated carbocycles. The van der Waals surface area contributed by atoms with Crippen LogP contribution >= 0.6 is 12.2 Å². The first kappa shape index (κ1) is 21.6.